The summed E-state index contributed by atoms with van der Waals surface area (Å²) >= 11 is 0. The molecule has 162 valence electrons. The number of benzene rings is 1. The predicted molar refractivity (Wildman–Crippen MR) is 108 cm³/mol. The van der Waals surface area contributed by atoms with Crippen molar-refractivity contribution >= 4 is 18.1 Å². The van der Waals surface area contributed by atoms with Crippen molar-refractivity contribution in [3.05, 3.63) is 35.9 Å². The maximum absolute atomic E-state index is 12.6. The van der Waals surface area contributed by atoms with Gasteiger partial charge in [0.05, 0.1) is 32.5 Å². The van der Waals surface area contributed by atoms with E-state index in [1.807, 2.05) is 44.2 Å². The number of hydrogen-bond donors (Lipinski definition) is 2. The van der Waals surface area contributed by atoms with E-state index in [1.54, 1.807) is 7.11 Å². The Morgan fingerprint density at radius 1 is 1.00 bits per heavy atom. The van der Waals surface area contributed by atoms with E-state index in [0.717, 1.165) is 5.56 Å². The van der Waals surface area contributed by atoms with Crippen LogP contribution < -0.4 is 10.6 Å². The van der Waals surface area contributed by atoms with Crippen LogP contribution in [0.15, 0.2) is 30.3 Å². The molecule has 1 aromatic rings. The highest BCUT2D eigenvalue weighted by atomic mass is 16.5. The lowest BCUT2D eigenvalue weighted by atomic mass is 10.0. The van der Waals surface area contributed by atoms with E-state index < -0.39 is 23.9 Å². The number of hydrogen-bond acceptors (Lipinski definition) is 6. The van der Waals surface area contributed by atoms with Gasteiger partial charge in [-0.3, -0.25) is 9.59 Å². The Hall–Kier alpha value is -2.29. The number of methoxy groups -OCH3 is 1. The zero-order chi connectivity index (χ0) is 21.5. The molecular weight excluding hydrogens is 376 g/mol. The van der Waals surface area contributed by atoms with Crippen LogP contribution in [0.3, 0.4) is 0 Å². The molecule has 0 aliphatic carbocycles. The molecule has 29 heavy (non-hydrogen) atoms. The molecule has 1 rings (SSSR count). The summed E-state index contributed by atoms with van der Waals surface area (Å²) in [6.07, 6.45) is 1.10. The molecule has 1 aromatic carbocycles. The third-order valence-corrected chi connectivity index (χ3v) is 4.09. The number of rotatable bonds is 15. The summed E-state index contributed by atoms with van der Waals surface area (Å²) in [6.45, 7) is 5.04. The van der Waals surface area contributed by atoms with E-state index in [0.29, 0.717) is 32.5 Å². The summed E-state index contributed by atoms with van der Waals surface area (Å²) < 4.78 is 15.3. The smallest absolute Gasteiger partial charge is 0.246 e. The molecule has 2 N–H and O–H groups in total. The maximum atomic E-state index is 12.6. The van der Waals surface area contributed by atoms with Crippen molar-refractivity contribution in [1.82, 2.24) is 10.6 Å². The minimum Gasteiger partial charge on any atom is -0.382 e. The van der Waals surface area contributed by atoms with Crippen LogP contribution in [0.25, 0.3) is 0 Å². The second kappa shape index (κ2) is 14.7. The van der Waals surface area contributed by atoms with Crippen molar-refractivity contribution in [2.24, 2.45) is 5.92 Å². The lowest BCUT2D eigenvalue weighted by Gasteiger charge is -2.23. The number of ether oxygens (including phenoxy) is 3. The van der Waals surface area contributed by atoms with Gasteiger partial charge in [-0.2, -0.15) is 0 Å². The van der Waals surface area contributed by atoms with Crippen molar-refractivity contribution in [2.45, 2.75) is 32.4 Å². The summed E-state index contributed by atoms with van der Waals surface area (Å²) in [5, 5.41) is 5.37. The van der Waals surface area contributed by atoms with E-state index in [4.69, 9.17) is 14.2 Å². The molecule has 8 nitrogen and oxygen atoms in total. The minimum absolute atomic E-state index is 0.152. The summed E-state index contributed by atoms with van der Waals surface area (Å²) in [5.74, 6) is -0.953. The predicted octanol–water partition coefficient (Wildman–Crippen LogP) is 0.733. The third kappa shape index (κ3) is 10.7. The van der Waals surface area contributed by atoms with Crippen molar-refractivity contribution in [3.63, 3.8) is 0 Å². The lowest BCUT2D eigenvalue weighted by Crippen LogP contribution is -2.53. The number of aldehydes is 1. The molecule has 1 unspecified atom stereocenters. The Morgan fingerprint density at radius 2 is 1.66 bits per heavy atom. The van der Waals surface area contributed by atoms with Crippen LogP contribution >= 0.6 is 0 Å². The monoisotopic (exact) mass is 408 g/mol. The SMILES string of the molecule is COCCOCCOCC(=O)N[C@H](C(=O)NC(C=O)Cc1ccccc1)C(C)C. The first kappa shape index (κ1) is 24.7. The largest absolute Gasteiger partial charge is 0.382 e. The molecule has 0 aromatic heterocycles. The normalized spacial score (nSPS) is 13.0. The molecule has 0 heterocycles. The van der Waals surface area contributed by atoms with Crippen LogP contribution in [0.1, 0.15) is 19.4 Å². The van der Waals surface area contributed by atoms with Crippen molar-refractivity contribution in [2.75, 3.05) is 40.1 Å². The van der Waals surface area contributed by atoms with E-state index in [-0.39, 0.29) is 19.1 Å². The van der Waals surface area contributed by atoms with Crippen molar-refractivity contribution in [3.8, 4) is 0 Å². The molecule has 0 spiro atoms. The molecule has 8 heteroatoms. The molecule has 0 fully saturated rings. The van der Waals surface area contributed by atoms with Gasteiger partial charge in [-0.25, -0.2) is 0 Å². The third-order valence-electron chi connectivity index (χ3n) is 4.09. The number of nitrogens with one attached hydrogen (secondary N) is 2. The summed E-state index contributed by atoms with van der Waals surface area (Å²) in [5.41, 5.74) is 0.941. The van der Waals surface area contributed by atoms with Crippen LogP contribution in [0.5, 0.6) is 0 Å². The van der Waals surface area contributed by atoms with E-state index >= 15 is 0 Å². The highest BCUT2D eigenvalue weighted by Gasteiger charge is 2.26. The summed E-state index contributed by atoms with van der Waals surface area (Å²) in [6, 6.07) is 7.99. The zero-order valence-corrected chi connectivity index (χ0v) is 17.4. The molecule has 0 saturated heterocycles. The highest BCUT2D eigenvalue weighted by molar-refractivity contribution is 5.89. The zero-order valence-electron chi connectivity index (χ0n) is 17.4. The van der Waals surface area contributed by atoms with Gasteiger partial charge in [-0.15, -0.1) is 0 Å². The minimum atomic E-state index is -0.762. The number of carbonyl (C=O) groups excluding carboxylic acids is 3. The number of carbonyl (C=O) groups is 3. The molecular formula is C21H32N2O6. The van der Waals surface area contributed by atoms with Gasteiger partial charge in [0, 0.05) is 7.11 Å². The van der Waals surface area contributed by atoms with Crippen LogP contribution in [0.2, 0.25) is 0 Å². The van der Waals surface area contributed by atoms with Gasteiger partial charge in [0.15, 0.2) is 0 Å². The average molecular weight is 408 g/mol. The Bertz CT molecular complexity index is 608. The van der Waals surface area contributed by atoms with Gasteiger partial charge < -0.3 is 29.6 Å². The fraction of sp³-hybridized carbons (Fsp3) is 0.571. The Labute approximate surface area is 172 Å². The fourth-order valence-corrected chi connectivity index (χ4v) is 2.55. The number of amides is 2. The topological polar surface area (TPSA) is 103 Å². The maximum Gasteiger partial charge on any atom is 0.246 e. The summed E-state index contributed by atoms with van der Waals surface area (Å²) in [4.78, 5) is 36.1. The Balaban J connectivity index is 2.44. The van der Waals surface area contributed by atoms with Crippen molar-refractivity contribution < 1.29 is 28.6 Å². The molecule has 2 amide bonds. The molecule has 0 aliphatic rings. The Kier molecular flexibility index (Phi) is 12.5. The molecule has 0 bridgehead atoms. The van der Waals surface area contributed by atoms with Gasteiger partial charge in [-0.05, 0) is 17.9 Å². The van der Waals surface area contributed by atoms with Gasteiger partial charge >= 0.3 is 0 Å². The lowest BCUT2D eigenvalue weighted by molar-refractivity contribution is -0.133. The average Bonchev–Trinajstić information content (AvgIpc) is 2.71. The second-order valence-corrected chi connectivity index (χ2v) is 6.89. The first-order valence-corrected chi connectivity index (χ1v) is 9.71. The first-order chi connectivity index (χ1) is 14.0. The molecule has 0 radical (unpaired) electrons. The van der Waals surface area contributed by atoms with Crippen LogP contribution in [-0.4, -0.2) is 70.3 Å². The van der Waals surface area contributed by atoms with Crippen LogP contribution in [0.4, 0.5) is 0 Å². The van der Waals surface area contributed by atoms with E-state index in [9.17, 15) is 14.4 Å². The van der Waals surface area contributed by atoms with E-state index in [1.165, 1.54) is 0 Å². The molecule has 2 atom stereocenters. The first-order valence-electron chi connectivity index (χ1n) is 9.71. The van der Waals surface area contributed by atoms with Gasteiger partial charge in [0.2, 0.25) is 11.8 Å². The molecule has 0 saturated carbocycles. The molecule has 0 aliphatic heterocycles. The van der Waals surface area contributed by atoms with E-state index in [2.05, 4.69) is 10.6 Å². The fourth-order valence-electron chi connectivity index (χ4n) is 2.55. The van der Waals surface area contributed by atoms with Crippen LogP contribution in [-0.2, 0) is 35.0 Å². The quantitative estimate of drug-likeness (QED) is 0.328. The van der Waals surface area contributed by atoms with Gasteiger partial charge in [0.1, 0.15) is 18.9 Å². The summed E-state index contributed by atoms with van der Waals surface area (Å²) in [7, 11) is 1.59. The standard InChI is InChI=1S/C21H32N2O6/c1-16(2)20(23-19(25)15-29-12-11-28-10-9-27-3)21(26)22-18(14-24)13-17-7-5-4-6-8-17/h4-8,14,16,18,20H,9-13,15H2,1-3H3,(H,22,26)(H,23,25)/t18?,20-/m0/s1. The van der Waals surface area contributed by atoms with Crippen LogP contribution in [0, 0.1) is 5.92 Å². The van der Waals surface area contributed by atoms with Gasteiger partial charge in [0.25, 0.3) is 0 Å². The van der Waals surface area contributed by atoms with Crippen molar-refractivity contribution in [1.29, 1.82) is 0 Å². The van der Waals surface area contributed by atoms with Gasteiger partial charge in [-0.1, -0.05) is 44.2 Å². The second-order valence-electron chi connectivity index (χ2n) is 6.89. The highest BCUT2D eigenvalue weighted by Crippen LogP contribution is 2.05. The Morgan fingerprint density at radius 3 is 2.28 bits per heavy atom.